The number of unbranched alkanes of at least 4 members (excludes halogenated alkanes) is 11. The fourth-order valence-corrected chi connectivity index (χ4v) is 6.21. The van der Waals surface area contributed by atoms with Crippen molar-refractivity contribution in [3.05, 3.63) is 0 Å². The zero-order chi connectivity index (χ0) is 24.0. The second kappa shape index (κ2) is 15.4. The first kappa shape index (κ1) is 28.6. The molecule has 0 aromatic heterocycles. The number of rotatable bonds is 18. The summed E-state index contributed by atoms with van der Waals surface area (Å²) in [4.78, 5) is 33.0. The molecule has 2 unspecified atom stereocenters. The van der Waals surface area contributed by atoms with Gasteiger partial charge in [0.15, 0.2) is 6.10 Å². The van der Waals surface area contributed by atoms with E-state index in [-0.39, 0.29) is 0 Å². The Morgan fingerprint density at radius 3 is 1.91 bits per heavy atom. The van der Waals surface area contributed by atoms with E-state index in [1.807, 2.05) is 0 Å². The Morgan fingerprint density at radius 1 is 0.939 bits per heavy atom. The van der Waals surface area contributed by atoms with Crippen LogP contribution in [0.1, 0.15) is 103 Å². The molecule has 2 atom stereocenters. The van der Waals surface area contributed by atoms with Crippen LogP contribution in [0.5, 0.6) is 0 Å². The first-order chi connectivity index (χ1) is 15.8. The largest absolute Gasteiger partial charge is 0.779 e. The number of carbonyl (C=O) groups excluding carboxylic acids is 1. The minimum Gasteiger partial charge on any atom is -0.779 e. The van der Waals surface area contributed by atoms with Gasteiger partial charge in [-0.05, 0) is 31.6 Å². The Hall–Kier alpha value is -0.620. The van der Waals surface area contributed by atoms with Gasteiger partial charge in [-0.15, -0.1) is 0 Å². The lowest BCUT2D eigenvalue weighted by Gasteiger charge is -2.50. The monoisotopic (exact) mass is 489 g/mol. The Balaban J connectivity index is 1.55. The molecule has 7 nitrogen and oxygen atoms in total. The second-order valence-electron chi connectivity index (χ2n) is 10.5. The summed E-state index contributed by atoms with van der Waals surface area (Å²) in [5, 5.41) is 0. The summed E-state index contributed by atoms with van der Waals surface area (Å²) < 4.78 is 22.9. The molecule has 1 N–H and O–H groups in total. The lowest BCUT2D eigenvalue weighted by molar-refractivity contribution is -0.944. The van der Waals surface area contributed by atoms with Crippen molar-refractivity contribution in [3.8, 4) is 0 Å². The van der Waals surface area contributed by atoms with Gasteiger partial charge in [-0.3, -0.25) is 0 Å². The summed E-state index contributed by atoms with van der Waals surface area (Å²) in [7, 11) is -4.53. The molecular formula is C25H48NO6P. The Labute approximate surface area is 201 Å². The molecule has 0 spiro atoms. The molecule has 194 valence electrons. The summed E-state index contributed by atoms with van der Waals surface area (Å²) in [5.41, 5.74) is 0. The Kier molecular flexibility index (Phi) is 13.3. The molecule has 0 aromatic carbocycles. The van der Waals surface area contributed by atoms with Crippen molar-refractivity contribution < 1.29 is 33.1 Å². The molecule has 0 amide bonds. The van der Waals surface area contributed by atoms with E-state index in [0.717, 1.165) is 68.6 Å². The predicted octanol–water partition coefficient (Wildman–Crippen LogP) is 5.39. The van der Waals surface area contributed by atoms with Gasteiger partial charge in [0.2, 0.25) is 0 Å². The van der Waals surface area contributed by atoms with Gasteiger partial charge in [0.05, 0.1) is 32.4 Å². The highest BCUT2D eigenvalue weighted by atomic mass is 31.2. The Morgan fingerprint density at radius 2 is 1.42 bits per heavy atom. The first-order valence-corrected chi connectivity index (χ1v) is 15.3. The number of hydrogen-bond acceptors (Lipinski definition) is 5. The molecule has 0 aromatic rings. The topological polar surface area (TPSA) is 95.9 Å². The van der Waals surface area contributed by atoms with E-state index < -0.39 is 26.0 Å². The van der Waals surface area contributed by atoms with Crippen molar-refractivity contribution in [2.45, 2.75) is 109 Å². The van der Waals surface area contributed by atoms with Gasteiger partial charge < -0.3 is 28.3 Å². The average Bonchev–Trinajstić information content (AvgIpc) is 2.76. The second-order valence-corrected chi connectivity index (χ2v) is 12.1. The standard InChI is InChI=1S/C25H48NO6P/c1-2-3-4-5-6-7-8-9-10-11-12-13-20-31-25(27)32-24(22-33(28,29)30)21-26-17-14-23(15-18-26)16-19-26/h23-24H,2-22H2,1H3,(H-,28,29,30). The van der Waals surface area contributed by atoms with Crippen molar-refractivity contribution in [3.63, 3.8) is 0 Å². The van der Waals surface area contributed by atoms with Gasteiger partial charge >= 0.3 is 6.16 Å². The van der Waals surface area contributed by atoms with E-state index in [1.165, 1.54) is 57.8 Å². The van der Waals surface area contributed by atoms with E-state index in [4.69, 9.17) is 9.47 Å². The third kappa shape index (κ3) is 12.6. The number of hydrogen-bond donors (Lipinski definition) is 1. The maximum atomic E-state index is 12.2. The molecule has 3 heterocycles. The van der Waals surface area contributed by atoms with Crippen LogP contribution in [-0.4, -0.2) is 60.6 Å². The fraction of sp³-hybridized carbons (Fsp3) is 0.960. The summed E-state index contributed by atoms with van der Waals surface area (Å²) >= 11 is 0. The van der Waals surface area contributed by atoms with Gasteiger partial charge in [-0.25, -0.2) is 4.79 Å². The molecule has 8 heteroatoms. The zero-order valence-electron chi connectivity index (χ0n) is 20.9. The van der Waals surface area contributed by atoms with Crippen LogP contribution >= 0.6 is 7.60 Å². The lowest BCUT2D eigenvalue weighted by Crippen LogP contribution is -2.61. The Bertz CT molecular complexity index is 574. The van der Waals surface area contributed by atoms with Gasteiger partial charge in [-0.1, -0.05) is 77.6 Å². The van der Waals surface area contributed by atoms with Crippen molar-refractivity contribution in [2.75, 3.05) is 38.9 Å². The molecule has 2 bridgehead atoms. The molecule has 3 saturated heterocycles. The average molecular weight is 490 g/mol. The van der Waals surface area contributed by atoms with E-state index in [0.29, 0.717) is 13.2 Å². The number of fused-ring (bicyclic) bond motifs is 3. The summed E-state index contributed by atoms with van der Waals surface area (Å²) in [5.74, 6) is 0.785. The van der Waals surface area contributed by atoms with E-state index in [2.05, 4.69) is 6.92 Å². The molecule has 0 aliphatic carbocycles. The maximum Gasteiger partial charge on any atom is 0.508 e. The highest BCUT2D eigenvalue weighted by Crippen LogP contribution is 2.36. The molecule has 3 aliphatic heterocycles. The van der Waals surface area contributed by atoms with Crippen molar-refractivity contribution >= 4 is 13.8 Å². The quantitative estimate of drug-likeness (QED) is 0.120. The number of ether oxygens (including phenoxy) is 2. The number of piperidine rings is 3. The van der Waals surface area contributed by atoms with Gasteiger partial charge in [-0.2, -0.15) is 0 Å². The lowest BCUT2D eigenvalue weighted by atomic mass is 9.85. The SMILES string of the molecule is CCCCCCCCCCCCCCOC(=O)OC(C[N+]12CCC(CC1)CC2)CP(=O)([O-])O. The van der Waals surface area contributed by atoms with Crippen LogP contribution in [0.4, 0.5) is 4.79 Å². The fourth-order valence-electron chi connectivity index (χ4n) is 5.50. The van der Waals surface area contributed by atoms with Gasteiger partial charge in [0.25, 0.3) is 0 Å². The maximum absolute atomic E-state index is 12.2. The minimum absolute atomic E-state index is 0.290. The van der Waals surface area contributed by atoms with E-state index in [1.54, 1.807) is 0 Å². The molecule has 33 heavy (non-hydrogen) atoms. The third-order valence-electron chi connectivity index (χ3n) is 7.54. The minimum atomic E-state index is -4.53. The number of quaternary nitrogens is 1. The highest BCUT2D eigenvalue weighted by molar-refractivity contribution is 7.50. The van der Waals surface area contributed by atoms with Crippen LogP contribution in [0, 0.1) is 5.92 Å². The number of carbonyl (C=O) groups is 1. The summed E-state index contributed by atoms with van der Waals surface area (Å²) in [6.45, 7) is 5.95. The van der Waals surface area contributed by atoms with Gasteiger partial charge in [0, 0.05) is 0 Å². The zero-order valence-corrected chi connectivity index (χ0v) is 21.8. The van der Waals surface area contributed by atoms with Crippen molar-refractivity contribution in [1.29, 1.82) is 0 Å². The summed E-state index contributed by atoms with van der Waals surface area (Å²) in [6, 6.07) is 0. The molecule has 0 radical (unpaired) electrons. The van der Waals surface area contributed by atoms with Crippen LogP contribution in [0.2, 0.25) is 0 Å². The normalized spacial score (nSPS) is 24.9. The first-order valence-electron chi connectivity index (χ1n) is 13.5. The van der Waals surface area contributed by atoms with Crippen LogP contribution in [0.25, 0.3) is 0 Å². The predicted molar refractivity (Wildman–Crippen MR) is 129 cm³/mol. The van der Waals surface area contributed by atoms with E-state index in [9.17, 15) is 19.1 Å². The van der Waals surface area contributed by atoms with Crippen molar-refractivity contribution in [2.24, 2.45) is 5.92 Å². The smallest absolute Gasteiger partial charge is 0.508 e. The van der Waals surface area contributed by atoms with Crippen LogP contribution in [-0.2, 0) is 14.0 Å². The van der Waals surface area contributed by atoms with Crippen LogP contribution in [0.15, 0.2) is 0 Å². The molecule has 3 aliphatic rings. The van der Waals surface area contributed by atoms with Crippen molar-refractivity contribution in [1.82, 2.24) is 0 Å². The van der Waals surface area contributed by atoms with E-state index >= 15 is 0 Å². The third-order valence-corrected chi connectivity index (χ3v) is 8.41. The highest BCUT2D eigenvalue weighted by Gasteiger charge is 2.42. The summed E-state index contributed by atoms with van der Waals surface area (Å²) in [6.07, 6.45) is 16.1. The van der Waals surface area contributed by atoms with Crippen LogP contribution in [0.3, 0.4) is 0 Å². The van der Waals surface area contributed by atoms with Gasteiger partial charge in [0.1, 0.15) is 14.1 Å². The molecule has 3 fully saturated rings. The van der Waals surface area contributed by atoms with Crippen LogP contribution < -0.4 is 4.89 Å². The molecular weight excluding hydrogens is 441 g/mol. The molecule has 0 saturated carbocycles. The number of nitrogens with zero attached hydrogens (tertiary/aromatic N) is 1. The molecule has 3 rings (SSSR count).